The second-order valence-electron chi connectivity index (χ2n) is 3.89. The highest BCUT2D eigenvalue weighted by atomic mass is 79.9. The highest BCUT2D eigenvalue weighted by molar-refractivity contribution is 9.11. The van der Waals surface area contributed by atoms with Crippen LogP contribution in [-0.4, -0.2) is 47.4 Å². The average molecular weight is 349 g/mol. The van der Waals surface area contributed by atoms with Crippen LogP contribution in [0.3, 0.4) is 0 Å². The van der Waals surface area contributed by atoms with E-state index in [1.807, 2.05) is 0 Å². The van der Waals surface area contributed by atoms with Crippen molar-refractivity contribution < 1.29 is 19.5 Å². The lowest BCUT2D eigenvalue weighted by Crippen LogP contribution is -2.44. The van der Waals surface area contributed by atoms with E-state index >= 15 is 0 Å². The van der Waals surface area contributed by atoms with Crippen LogP contribution in [0.1, 0.15) is 16.6 Å². The average Bonchev–Trinajstić information content (AvgIpc) is 2.74. The molecule has 1 heterocycles. The molecule has 0 aliphatic heterocycles. The van der Waals surface area contributed by atoms with Crippen molar-refractivity contribution in [3.63, 3.8) is 0 Å². The van der Waals surface area contributed by atoms with Gasteiger partial charge in [0.25, 0.3) is 5.91 Å². The van der Waals surface area contributed by atoms with Crippen LogP contribution in [0.2, 0.25) is 0 Å². The first-order valence-electron chi connectivity index (χ1n) is 5.34. The summed E-state index contributed by atoms with van der Waals surface area (Å²) >= 11 is 4.52. The molecule has 1 rings (SSSR count). The van der Waals surface area contributed by atoms with E-state index in [9.17, 15) is 14.4 Å². The third kappa shape index (κ3) is 4.64. The smallest absolute Gasteiger partial charge is 0.325 e. The Hall–Kier alpha value is -1.41. The van der Waals surface area contributed by atoms with Crippen molar-refractivity contribution in [3.8, 4) is 0 Å². The molecule has 1 unspecified atom stereocenters. The van der Waals surface area contributed by atoms with Crippen LogP contribution in [0, 0.1) is 0 Å². The molecule has 0 aromatic carbocycles. The number of hydrogen-bond donors (Lipinski definition) is 2. The molecule has 8 heteroatoms. The van der Waals surface area contributed by atoms with Crippen LogP contribution in [0.5, 0.6) is 0 Å². The minimum absolute atomic E-state index is 0.189. The third-order valence-electron chi connectivity index (χ3n) is 2.26. The van der Waals surface area contributed by atoms with Crippen LogP contribution < -0.4 is 5.32 Å². The van der Waals surface area contributed by atoms with Crippen molar-refractivity contribution >= 4 is 45.1 Å². The van der Waals surface area contributed by atoms with Gasteiger partial charge in [0.15, 0.2) is 0 Å². The standard InChI is InChI=1S/C11H13BrN2O4S/c1-6(11(17)18)13-9(15)5-14(2)10(16)7-3-4-8(12)19-7/h3-4,6H,5H2,1-2H3,(H,13,15)(H,17,18). The van der Waals surface area contributed by atoms with Gasteiger partial charge in [0.2, 0.25) is 5.91 Å². The number of carbonyl (C=O) groups excluding carboxylic acids is 2. The molecule has 1 atom stereocenters. The lowest BCUT2D eigenvalue weighted by Gasteiger charge is -2.17. The van der Waals surface area contributed by atoms with Crippen LogP contribution in [0.25, 0.3) is 0 Å². The molecule has 0 aliphatic carbocycles. The molecule has 0 saturated carbocycles. The fraction of sp³-hybridized carbons (Fsp3) is 0.364. The maximum absolute atomic E-state index is 11.9. The van der Waals surface area contributed by atoms with Crippen LogP contribution in [-0.2, 0) is 9.59 Å². The summed E-state index contributed by atoms with van der Waals surface area (Å²) in [6.45, 7) is 1.17. The minimum atomic E-state index is -1.12. The summed E-state index contributed by atoms with van der Waals surface area (Å²) < 4.78 is 0.827. The maximum atomic E-state index is 11.9. The Morgan fingerprint density at radius 3 is 2.58 bits per heavy atom. The van der Waals surface area contributed by atoms with Gasteiger partial charge in [-0.25, -0.2) is 0 Å². The lowest BCUT2D eigenvalue weighted by atomic mass is 10.3. The molecule has 0 fully saturated rings. The van der Waals surface area contributed by atoms with Gasteiger partial charge < -0.3 is 15.3 Å². The number of carboxylic acids is 1. The number of aliphatic carboxylic acids is 1. The predicted molar refractivity (Wildman–Crippen MR) is 74.2 cm³/mol. The quantitative estimate of drug-likeness (QED) is 0.836. The molecule has 0 spiro atoms. The molecular formula is C11H13BrN2O4S. The molecule has 2 amide bonds. The van der Waals surface area contributed by atoms with Gasteiger partial charge in [-0.2, -0.15) is 0 Å². The van der Waals surface area contributed by atoms with Crippen LogP contribution >= 0.6 is 27.3 Å². The Balaban J connectivity index is 2.55. The molecule has 6 nitrogen and oxygen atoms in total. The summed E-state index contributed by atoms with van der Waals surface area (Å²) in [5, 5.41) is 10.9. The van der Waals surface area contributed by atoms with E-state index in [0.717, 1.165) is 3.79 Å². The number of thiophene rings is 1. The van der Waals surface area contributed by atoms with Crippen molar-refractivity contribution in [2.75, 3.05) is 13.6 Å². The van der Waals surface area contributed by atoms with Gasteiger partial charge in [-0.1, -0.05) is 0 Å². The Morgan fingerprint density at radius 2 is 2.11 bits per heavy atom. The van der Waals surface area contributed by atoms with E-state index in [0.29, 0.717) is 4.88 Å². The number of carbonyl (C=O) groups is 3. The molecule has 0 radical (unpaired) electrons. The summed E-state index contributed by atoms with van der Waals surface area (Å²) in [4.78, 5) is 35.8. The number of rotatable bonds is 5. The Labute approximate surface area is 122 Å². The highest BCUT2D eigenvalue weighted by Crippen LogP contribution is 2.22. The molecule has 1 aromatic rings. The summed E-state index contributed by atoms with van der Waals surface area (Å²) in [7, 11) is 1.49. The topological polar surface area (TPSA) is 86.7 Å². The largest absolute Gasteiger partial charge is 0.480 e. The van der Waals surface area contributed by atoms with Gasteiger partial charge in [0.05, 0.1) is 15.2 Å². The Kier molecular flexibility index (Phi) is 5.49. The fourth-order valence-corrected chi connectivity index (χ4v) is 2.63. The zero-order chi connectivity index (χ0) is 14.6. The number of halogens is 1. The number of hydrogen-bond acceptors (Lipinski definition) is 4. The van der Waals surface area contributed by atoms with E-state index in [2.05, 4.69) is 21.2 Å². The zero-order valence-corrected chi connectivity index (χ0v) is 12.7. The van der Waals surface area contributed by atoms with Gasteiger partial charge in [-0.15, -0.1) is 11.3 Å². The molecule has 0 aliphatic rings. The molecule has 0 saturated heterocycles. The third-order valence-corrected chi connectivity index (χ3v) is 3.87. The second-order valence-corrected chi connectivity index (χ2v) is 6.36. The van der Waals surface area contributed by atoms with Crippen LogP contribution in [0.15, 0.2) is 15.9 Å². The lowest BCUT2D eigenvalue weighted by molar-refractivity contribution is -0.141. The van der Waals surface area contributed by atoms with Crippen molar-refractivity contribution in [2.24, 2.45) is 0 Å². The van der Waals surface area contributed by atoms with E-state index in [-0.39, 0.29) is 12.5 Å². The summed E-state index contributed by atoms with van der Waals surface area (Å²) in [5.74, 6) is -1.92. The van der Waals surface area contributed by atoms with E-state index < -0.39 is 17.9 Å². The summed E-state index contributed by atoms with van der Waals surface area (Å²) in [5.41, 5.74) is 0. The van der Waals surface area contributed by atoms with Crippen LogP contribution in [0.4, 0.5) is 0 Å². The molecule has 104 valence electrons. The van der Waals surface area contributed by atoms with Gasteiger partial charge >= 0.3 is 5.97 Å². The Bertz CT molecular complexity index is 503. The molecular weight excluding hydrogens is 336 g/mol. The molecule has 0 bridgehead atoms. The SMILES string of the molecule is CC(NC(=O)CN(C)C(=O)c1ccc(Br)s1)C(=O)O. The second kappa shape index (κ2) is 6.67. The van der Waals surface area contributed by atoms with Gasteiger partial charge in [-0.05, 0) is 35.0 Å². The predicted octanol–water partition coefficient (Wildman–Crippen LogP) is 1.17. The number of nitrogens with zero attached hydrogens (tertiary/aromatic N) is 1. The maximum Gasteiger partial charge on any atom is 0.325 e. The summed E-state index contributed by atoms with van der Waals surface area (Å²) in [6.07, 6.45) is 0. The minimum Gasteiger partial charge on any atom is -0.480 e. The van der Waals surface area contributed by atoms with Gasteiger partial charge in [0.1, 0.15) is 6.04 Å². The molecule has 19 heavy (non-hydrogen) atoms. The normalized spacial score (nSPS) is 11.7. The van der Waals surface area contributed by atoms with E-state index in [4.69, 9.17) is 5.11 Å². The number of likely N-dealkylation sites (N-methyl/N-ethyl adjacent to an activating group) is 1. The number of nitrogens with one attached hydrogen (secondary N) is 1. The first kappa shape index (κ1) is 15.6. The monoisotopic (exact) mass is 348 g/mol. The first-order valence-corrected chi connectivity index (χ1v) is 6.95. The van der Waals surface area contributed by atoms with Crippen molar-refractivity contribution in [2.45, 2.75) is 13.0 Å². The van der Waals surface area contributed by atoms with Gasteiger partial charge in [0, 0.05) is 7.05 Å². The number of carboxylic acid groups (broad SMARTS) is 1. The molecule has 1 aromatic heterocycles. The molecule has 2 N–H and O–H groups in total. The Morgan fingerprint density at radius 1 is 1.47 bits per heavy atom. The van der Waals surface area contributed by atoms with E-state index in [1.54, 1.807) is 12.1 Å². The zero-order valence-electron chi connectivity index (χ0n) is 10.3. The first-order chi connectivity index (χ1) is 8.81. The summed E-state index contributed by atoms with van der Waals surface area (Å²) in [6, 6.07) is 2.43. The van der Waals surface area contributed by atoms with Crippen molar-refractivity contribution in [1.29, 1.82) is 0 Å². The van der Waals surface area contributed by atoms with Gasteiger partial charge in [-0.3, -0.25) is 14.4 Å². The highest BCUT2D eigenvalue weighted by Gasteiger charge is 2.19. The number of amides is 2. The fourth-order valence-electron chi connectivity index (χ4n) is 1.25. The van der Waals surface area contributed by atoms with Crippen molar-refractivity contribution in [1.82, 2.24) is 10.2 Å². The van der Waals surface area contributed by atoms with E-state index in [1.165, 1.54) is 30.2 Å². The van der Waals surface area contributed by atoms with Crippen molar-refractivity contribution in [3.05, 3.63) is 20.8 Å².